The molecule has 1 unspecified atom stereocenters. The third kappa shape index (κ3) is 6.39. The number of esters is 1. The number of nitrogens with one attached hydrogen (secondary N) is 1. The van der Waals surface area contributed by atoms with Crippen molar-refractivity contribution in [2.75, 3.05) is 13.7 Å². The molecule has 0 amide bonds. The van der Waals surface area contributed by atoms with Crippen LogP contribution in [0, 0.1) is 0 Å². The number of carbonyl (C=O) groups is 1. The van der Waals surface area contributed by atoms with E-state index in [1.54, 1.807) is 0 Å². The van der Waals surface area contributed by atoms with E-state index in [9.17, 15) is 4.79 Å². The molecular formula is C26H37BN2O5. The van der Waals surface area contributed by atoms with Crippen LogP contribution in [-0.4, -0.2) is 50.0 Å². The maximum Gasteiger partial charge on any atom is 0.498 e. The van der Waals surface area contributed by atoms with Crippen molar-refractivity contribution in [2.24, 2.45) is 5.73 Å². The summed E-state index contributed by atoms with van der Waals surface area (Å²) in [5.41, 5.74) is 7.69. The van der Waals surface area contributed by atoms with Crippen LogP contribution in [0.15, 0.2) is 48.5 Å². The molecule has 2 aromatic carbocycles. The van der Waals surface area contributed by atoms with Crippen molar-refractivity contribution in [1.82, 2.24) is 5.32 Å². The summed E-state index contributed by atoms with van der Waals surface area (Å²) in [6, 6.07) is 15.3. The van der Waals surface area contributed by atoms with Crippen molar-refractivity contribution >= 4 is 18.6 Å². The molecule has 2 aromatic rings. The fraction of sp³-hybridized carbons (Fsp3) is 0.500. The second kappa shape index (κ2) is 10.9. The average Bonchev–Trinajstić information content (AvgIpc) is 3.02. The fourth-order valence-electron chi connectivity index (χ4n) is 3.69. The van der Waals surface area contributed by atoms with Crippen LogP contribution < -0.4 is 21.3 Å². The first-order chi connectivity index (χ1) is 16.0. The number of rotatable bonds is 10. The van der Waals surface area contributed by atoms with Gasteiger partial charge in [-0.15, -0.1) is 0 Å². The molecule has 1 heterocycles. The molecule has 0 aliphatic carbocycles. The standard InChI is InChI=1S/C26H37BN2O5/c1-18(28)16-29-22(24(30)31-6)15-20-12-13-23(32-17-19-10-8-7-9-11-19)21(14-20)27-33-25(2,3)26(4,5)34-27/h7-14,18,22,29H,15-17,28H2,1-6H3/t18-,22?/m0/s1. The van der Waals surface area contributed by atoms with Crippen LogP contribution in [0.4, 0.5) is 0 Å². The zero-order chi connectivity index (χ0) is 24.9. The van der Waals surface area contributed by atoms with Gasteiger partial charge in [-0.1, -0.05) is 42.5 Å². The van der Waals surface area contributed by atoms with Crippen LogP contribution in [0.2, 0.25) is 0 Å². The van der Waals surface area contributed by atoms with Gasteiger partial charge in [0.05, 0.1) is 18.3 Å². The summed E-state index contributed by atoms with van der Waals surface area (Å²) < 4.78 is 23.8. The first kappa shape index (κ1) is 26.2. The smallest absolute Gasteiger partial charge is 0.489 e. The lowest BCUT2D eigenvalue weighted by Gasteiger charge is -2.32. The van der Waals surface area contributed by atoms with E-state index in [0.717, 1.165) is 16.6 Å². The van der Waals surface area contributed by atoms with E-state index in [0.29, 0.717) is 25.3 Å². The van der Waals surface area contributed by atoms with Crippen molar-refractivity contribution < 1.29 is 23.6 Å². The minimum atomic E-state index is -0.593. The maximum atomic E-state index is 12.4. The molecule has 0 saturated carbocycles. The van der Waals surface area contributed by atoms with Crippen molar-refractivity contribution in [3.63, 3.8) is 0 Å². The van der Waals surface area contributed by atoms with Gasteiger partial charge in [0, 0.05) is 18.0 Å². The van der Waals surface area contributed by atoms with E-state index in [4.69, 9.17) is 24.5 Å². The van der Waals surface area contributed by atoms with Gasteiger partial charge in [-0.25, -0.2) is 0 Å². The third-order valence-corrected chi connectivity index (χ3v) is 6.43. The molecule has 3 N–H and O–H groups in total. The molecule has 0 bridgehead atoms. The van der Waals surface area contributed by atoms with Crippen LogP contribution in [0.5, 0.6) is 5.75 Å². The molecule has 1 fully saturated rings. The van der Waals surface area contributed by atoms with Gasteiger partial charge >= 0.3 is 13.1 Å². The molecule has 8 heteroatoms. The molecule has 0 spiro atoms. The summed E-state index contributed by atoms with van der Waals surface area (Å²) in [5, 5.41) is 3.20. The number of carbonyl (C=O) groups excluding carboxylic acids is 1. The monoisotopic (exact) mass is 468 g/mol. The highest BCUT2D eigenvalue weighted by Gasteiger charge is 2.52. The Morgan fingerprint density at radius 2 is 1.71 bits per heavy atom. The van der Waals surface area contributed by atoms with E-state index in [1.165, 1.54) is 7.11 Å². The van der Waals surface area contributed by atoms with Gasteiger partial charge in [0.2, 0.25) is 0 Å². The number of nitrogens with two attached hydrogens (primary N) is 1. The summed E-state index contributed by atoms with van der Waals surface area (Å²) in [7, 11) is 0.795. The predicted octanol–water partition coefficient (Wildman–Crippen LogP) is 2.59. The Hall–Kier alpha value is -2.39. The number of methoxy groups -OCH3 is 1. The number of hydrogen-bond donors (Lipinski definition) is 2. The molecule has 0 aromatic heterocycles. The van der Waals surface area contributed by atoms with Gasteiger partial charge in [0.25, 0.3) is 0 Å². The third-order valence-electron chi connectivity index (χ3n) is 6.43. The Morgan fingerprint density at radius 3 is 2.29 bits per heavy atom. The molecule has 2 atom stereocenters. The summed E-state index contributed by atoms with van der Waals surface area (Å²) in [6.07, 6.45) is 0.435. The molecular weight excluding hydrogens is 431 g/mol. The highest BCUT2D eigenvalue weighted by molar-refractivity contribution is 6.63. The number of ether oxygens (including phenoxy) is 2. The fourth-order valence-corrected chi connectivity index (χ4v) is 3.69. The first-order valence-electron chi connectivity index (χ1n) is 11.7. The Bertz CT molecular complexity index is 949. The second-order valence-electron chi connectivity index (χ2n) is 9.90. The summed E-state index contributed by atoms with van der Waals surface area (Å²) in [6.45, 7) is 10.9. The molecule has 184 valence electrons. The number of benzene rings is 2. The molecule has 3 rings (SSSR count). The summed E-state index contributed by atoms with van der Waals surface area (Å²) in [4.78, 5) is 12.4. The molecule has 1 saturated heterocycles. The predicted molar refractivity (Wildman–Crippen MR) is 134 cm³/mol. The zero-order valence-corrected chi connectivity index (χ0v) is 21.1. The lowest BCUT2D eigenvalue weighted by Crippen LogP contribution is -2.44. The maximum absolute atomic E-state index is 12.4. The van der Waals surface area contributed by atoms with E-state index in [2.05, 4.69) is 5.32 Å². The second-order valence-corrected chi connectivity index (χ2v) is 9.90. The van der Waals surface area contributed by atoms with E-state index < -0.39 is 24.4 Å². The molecule has 0 radical (unpaired) electrons. The lowest BCUT2D eigenvalue weighted by molar-refractivity contribution is -0.143. The van der Waals surface area contributed by atoms with Gasteiger partial charge in [-0.3, -0.25) is 4.79 Å². The lowest BCUT2D eigenvalue weighted by atomic mass is 9.77. The van der Waals surface area contributed by atoms with E-state index >= 15 is 0 Å². The topological polar surface area (TPSA) is 92.0 Å². The van der Waals surface area contributed by atoms with Gasteiger partial charge in [-0.2, -0.15) is 0 Å². The van der Waals surface area contributed by atoms with Gasteiger partial charge in [0.1, 0.15) is 18.4 Å². The highest BCUT2D eigenvalue weighted by Crippen LogP contribution is 2.37. The summed E-state index contributed by atoms with van der Waals surface area (Å²) in [5.74, 6) is 0.353. The van der Waals surface area contributed by atoms with E-state index in [-0.39, 0.29) is 12.0 Å². The van der Waals surface area contributed by atoms with Crippen LogP contribution in [0.1, 0.15) is 45.7 Å². The highest BCUT2D eigenvalue weighted by atomic mass is 16.7. The van der Waals surface area contributed by atoms with Crippen LogP contribution in [0.3, 0.4) is 0 Å². The minimum Gasteiger partial charge on any atom is -0.489 e. The number of hydrogen-bond acceptors (Lipinski definition) is 7. The quantitative estimate of drug-likeness (QED) is 0.409. The van der Waals surface area contributed by atoms with Crippen LogP contribution in [-0.2, 0) is 31.9 Å². The molecule has 1 aliphatic heterocycles. The van der Waals surface area contributed by atoms with Gasteiger partial charge < -0.3 is 29.8 Å². The first-order valence-corrected chi connectivity index (χ1v) is 11.7. The van der Waals surface area contributed by atoms with Crippen molar-refractivity contribution in [3.05, 3.63) is 59.7 Å². The average molecular weight is 468 g/mol. The Labute approximate surface area is 203 Å². The Morgan fingerprint density at radius 1 is 1.06 bits per heavy atom. The largest absolute Gasteiger partial charge is 0.498 e. The zero-order valence-electron chi connectivity index (χ0n) is 21.1. The minimum absolute atomic E-state index is 0.0822. The Kier molecular flexibility index (Phi) is 8.41. The van der Waals surface area contributed by atoms with Crippen molar-refractivity contribution in [1.29, 1.82) is 0 Å². The van der Waals surface area contributed by atoms with Crippen LogP contribution >= 0.6 is 0 Å². The van der Waals surface area contributed by atoms with E-state index in [1.807, 2.05) is 83.1 Å². The van der Waals surface area contributed by atoms with Crippen molar-refractivity contribution in [2.45, 2.75) is 70.9 Å². The Balaban J connectivity index is 1.89. The molecule has 1 aliphatic rings. The normalized spacial score (nSPS) is 18.4. The van der Waals surface area contributed by atoms with Crippen molar-refractivity contribution in [3.8, 4) is 5.75 Å². The van der Waals surface area contributed by atoms with Crippen LogP contribution in [0.25, 0.3) is 0 Å². The molecule has 7 nitrogen and oxygen atoms in total. The van der Waals surface area contributed by atoms with Gasteiger partial charge in [0.15, 0.2) is 0 Å². The summed E-state index contributed by atoms with van der Waals surface area (Å²) >= 11 is 0. The van der Waals surface area contributed by atoms with Gasteiger partial charge in [-0.05, 0) is 58.2 Å². The SMILES string of the molecule is COC(=O)C(Cc1ccc(OCc2ccccc2)c(B2OC(C)(C)C(C)(C)O2)c1)NC[C@H](C)N. The molecule has 34 heavy (non-hydrogen) atoms.